The van der Waals surface area contributed by atoms with Gasteiger partial charge in [0.1, 0.15) is 23.4 Å². The predicted molar refractivity (Wildman–Crippen MR) is 67.7 cm³/mol. The number of hydrogen-bond donors (Lipinski definition) is 2. The van der Waals surface area contributed by atoms with Crippen LogP contribution in [-0.2, 0) is 9.47 Å². The topological polar surface area (TPSA) is 79.2 Å². The zero-order valence-corrected chi connectivity index (χ0v) is 11.8. The van der Waals surface area contributed by atoms with Crippen LogP contribution < -0.4 is 0 Å². The van der Waals surface area contributed by atoms with Crippen molar-refractivity contribution in [3.8, 4) is 0 Å². The molecule has 0 saturated carbocycles. The van der Waals surface area contributed by atoms with Gasteiger partial charge in [0.05, 0.1) is 6.61 Å². The molecule has 1 spiro atoms. The minimum Gasteiger partial charge on any atom is -0.444 e. The van der Waals surface area contributed by atoms with E-state index in [4.69, 9.17) is 9.47 Å². The molecule has 2 aliphatic heterocycles. The molecule has 6 heteroatoms. The van der Waals surface area contributed by atoms with E-state index < -0.39 is 23.4 Å². The van der Waals surface area contributed by atoms with E-state index in [0.717, 1.165) is 0 Å². The first-order chi connectivity index (χ1) is 8.73. The number of aliphatic hydroxyl groups is 2. The summed E-state index contributed by atoms with van der Waals surface area (Å²) in [6.07, 6.45) is -0.994. The molecule has 0 aromatic carbocycles. The molecular weight excluding hydrogens is 250 g/mol. The summed E-state index contributed by atoms with van der Waals surface area (Å²) >= 11 is 0. The highest BCUT2D eigenvalue weighted by molar-refractivity contribution is 5.68. The number of aliphatic hydroxyl groups excluding tert-OH is 2. The van der Waals surface area contributed by atoms with E-state index in [0.29, 0.717) is 25.9 Å². The Morgan fingerprint density at radius 2 is 1.89 bits per heavy atom. The van der Waals surface area contributed by atoms with Crippen molar-refractivity contribution < 1.29 is 24.5 Å². The molecule has 0 radical (unpaired) electrons. The number of hydrogen-bond acceptors (Lipinski definition) is 5. The fraction of sp³-hybridized carbons (Fsp3) is 0.923. The van der Waals surface area contributed by atoms with Crippen LogP contribution in [0, 0.1) is 0 Å². The lowest BCUT2D eigenvalue weighted by molar-refractivity contribution is -0.0982. The van der Waals surface area contributed by atoms with Gasteiger partial charge in [0.2, 0.25) is 0 Å². The molecule has 110 valence electrons. The normalized spacial score (nSPS) is 30.7. The summed E-state index contributed by atoms with van der Waals surface area (Å²) in [6.45, 7) is 6.59. The summed E-state index contributed by atoms with van der Waals surface area (Å²) in [7, 11) is 0. The van der Waals surface area contributed by atoms with Gasteiger partial charge in [-0.1, -0.05) is 0 Å². The molecule has 2 atom stereocenters. The quantitative estimate of drug-likeness (QED) is 0.672. The molecule has 2 rings (SSSR count). The van der Waals surface area contributed by atoms with Gasteiger partial charge >= 0.3 is 6.09 Å². The Balaban J connectivity index is 1.91. The molecule has 0 unspecified atom stereocenters. The number of amides is 1. The third kappa shape index (κ3) is 3.01. The van der Waals surface area contributed by atoms with Gasteiger partial charge in [-0.3, -0.25) is 0 Å². The van der Waals surface area contributed by atoms with E-state index >= 15 is 0 Å². The van der Waals surface area contributed by atoms with Crippen LogP contribution in [0.3, 0.4) is 0 Å². The largest absolute Gasteiger partial charge is 0.444 e. The fourth-order valence-electron chi connectivity index (χ4n) is 2.61. The molecular formula is C13H23NO5. The summed E-state index contributed by atoms with van der Waals surface area (Å²) in [4.78, 5) is 13.5. The monoisotopic (exact) mass is 273 g/mol. The number of carbonyl (C=O) groups is 1. The van der Waals surface area contributed by atoms with Crippen molar-refractivity contribution in [2.75, 3.05) is 19.7 Å². The Kier molecular flexibility index (Phi) is 3.77. The summed E-state index contributed by atoms with van der Waals surface area (Å²) in [5, 5.41) is 19.5. The molecule has 1 amide bonds. The second-order valence-electron chi connectivity index (χ2n) is 6.36. The van der Waals surface area contributed by atoms with Crippen LogP contribution in [0.4, 0.5) is 4.79 Å². The average Bonchev–Trinajstić information content (AvgIpc) is 2.57. The molecule has 0 aliphatic carbocycles. The number of likely N-dealkylation sites (tertiary alicyclic amines) is 1. The molecule has 0 bridgehead atoms. The Hall–Kier alpha value is -0.850. The lowest BCUT2D eigenvalue weighted by Crippen LogP contribution is -2.53. The highest BCUT2D eigenvalue weighted by atomic mass is 16.6. The minimum absolute atomic E-state index is 0.160. The maximum Gasteiger partial charge on any atom is 0.410 e. The van der Waals surface area contributed by atoms with Crippen molar-refractivity contribution in [1.82, 2.24) is 4.90 Å². The standard InChI is InChI=1S/C13H23NO5/c1-12(2,3)19-11(17)14-6-4-13(5-7-14)10(16)9(15)8-18-13/h9-10,15-16H,4-8H2,1-3H3/t9-,10-/m1/s1. The van der Waals surface area contributed by atoms with E-state index in [9.17, 15) is 15.0 Å². The van der Waals surface area contributed by atoms with Crippen LogP contribution in [0.2, 0.25) is 0 Å². The minimum atomic E-state index is -0.867. The Labute approximate surface area is 113 Å². The average molecular weight is 273 g/mol. The van der Waals surface area contributed by atoms with Crippen LogP contribution in [0.15, 0.2) is 0 Å². The third-order valence-corrected chi connectivity index (χ3v) is 3.71. The Morgan fingerprint density at radius 1 is 1.32 bits per heavy atom. The molecule has 6 nitrogen and oxygen atoms in total. The lowest BCUT2D eigenvalue weighted by atomic mass is 9.85. The first-order valence-corrected chi connectivity index (χ1v) is 6.71. The van der Waals surface area contributed by atoms with Gasteiger partial charge in [-0.25, -0.2) is 4.79 Å². The maximum atomic E-state index is 11.9. The maximum absolute atomic E-state index is 11.9. The lowest BCUT2D eigenvalue weighted by Gasteiger charge is -2.40. The molecule has 2 heterocycles. The van der Waals surface area contributed by atoms with Gasteiger partial charge < -0.3 is 24.6 Å². The zero-order valence-electron chi connectivity index (χ0n) is 11.8. The van der Waals surface area contributed by atoms with Crippen LogP contribution in [0.5, 0.6) is 0 Å². The molecule has 0 aromatic rings. The van der Waals surface area contributed by atoms with Crippen molar-refractivity contribution in [3.63, 3.8) is 0 Å². The number of ether oxygens (including phenoxy) is 2. The van der Waals surface area contributed by atoms with Crippen LogP contribution in [0.25, 0.3) is 0 Å². The highest BCUT2D eigenvalue weighted by Gasteiger charge is 2.50. The highest BCUT2D eigenvalue weighted by Crippen LogP contribution is 2.36. The Morgan fingerprint density at radius 3 is 2.32 bits per heavy atom. The van der Waals surface area contributed by atoms with Gasteiger partial charge in [-0.05, 0) is 33.6 Å². The molecule has 0 aromatic heterocycles. The second-order valence-corrected chi connectivity index (χ2v) is 6.36. The van der Waals surface area contributed by atoms with Gasteiger partial charge in [-0.2, -0.15) is 0 Å². The summed E-state index contributed by atoms with van der Waals surface area (Å²) in [6, 6.07) is 0. The predicted octanol–water partition coefficient (Wildman–Crippen LogP) is 0.508. The molecule has 2 saturated heterocycles. The van der Waals surface area contributed by atoms with Crippen LogP contribution >= 0.6 is 0 Å². The third-order valence-electron chi connectivity index (χ3n) is 3.71. The van der Waals surface area contributed by atoms with E-state index in [-0.39, 0.29) is 12.7 Å². The van der Waals surface area contributed by atoms with Gasteiger partial charge in [0.15, 0.2) is 0 Å². The Bertz CT molecular complexity index is 343. The van der Waals surface area contributed by atoms with Crippen molar-refractivity contribution in [2.24, 2.45) is 0 Å². The van der Waals surface area contributed by atoms with Gasteiger partial charge in [0.25, 0.3) is 0 Å². The number of piperidine rings is 1. The van der Waals surface area contributed by atoms with Crippen LogP contribution in [-0.4, -0.2) is 64.3 Å². The van der Waals surface area contributed by atoms with Crippen LogP contribution in [0.1, 0.15) is 33.6 Å². The van der Waals surface area contributed by atoms with Crippen molar-refractivity contribution >= 4 is 6.09 Å². The number of nitrogens with zero attached hydrogens (tertiary/aromatic N) is 1. The molecule has 2 aliphatic rings. The summed E-state index contributed by atoms with van der Waals surface area (Å²) in [5.41, 5.74) is -1.20. The SMILES string of the molecule is CC(C)(C)OC(=O)N1CCC2(CC1)OC[C@@H](O)[C@H]2O. The first kappa shape index (κ1) is 14.6. The molecule has 19 heavy (non-hydrogen) atoms. The van der Waals surface area contributed by atoms with Crippen molar-refractivity contribution in [2.45, 2.75) is 57.0 Å². The molecule has 2 fully saturated rings. The van der Waals surface area contributed by atoms with E-state index in [1.54, 1.807) is 4.90 Å². The van der Waals surface area contributed by atoms with Crippen molar-refractivity contribution in [1.29, 1.82) is 0 Å². The summed E-state index contributed by atoms with van der Waals surface area (Å²) in [5.74, 6) is 0. The smallest absolute Gasteiger partial charge is 0.410 e. The number of carbonyl (C=O) groups excluding carboxylic acids is 1. The van der Waals surface area contributed by atoms with Gasteiger partial charge in [0, 0.05) is 13.1 Å². The van der Waals surface area contributed by atoms with E-state index in [2.05, 4.69) is 0 Å². The zero-order chi connectivity index (χ0) is 14.3. The van der Waals surface area contributed by atoms with E-state index in [1.165, 1.54) is 0 Å². The first-order valence-electron chi connectivity index (χ1n) is 6.71. The van der Waals surface area contributed by atoms with Gasteiger partial charge in [-0.15, -0.1) is 0 Å². The fourth-order valence-corrected chi connectivity index (χ4v) is 2.61. The second kappa shape index (κ2) is 4.92. The number of rotatable bonds is 0. The summed E-state index contributed by atoms with van der Waals surface area (Å²) < 4.78 is 10.9. The van der Waals surface area contributed by atoms with E-state index in [1.807, 2.05) is 20.8 Å². The van der Waals surface area contributed by atoms with Crippen molar-refractivity contribution in [3.05, 3.63) is 0 Å². The molecule has 2 N–H and O–H groups in total.